The third-order valence-corrected chi connectivity index (χ3v) is 5.17. The molecule has 1 aliphatic heterocycles. The van der Waals surface area contributed by atoms with Crippen molar-refractivity contribution in [2.24, 2.45) is 0 Å². The summed E-state index contributed by atoms with van der Waals surface area (Å²) >= 11 is 0. The normalized spacial score (nSPS) is 29.5. The van der Waals surface area contributed by atoms with Crippen LogP contribution in [-0.4, -0.2) is 33.6 Å². The van der Waals surface area contributed by atoms with Gasteiger partial charge in [-0.3, -0.25) is 0 Å². The van der Waals surface area contributed by atoms with Crippen LogP contribution in [0.4, 0.5) is 3.89 Å². The highest BCUT2D eigenvalue weighted by atomic mass is 32.3. The molecule has 1 saturated heterocycles. The Kier molecular flexibility index (Phi) is 2.96. The van der Waals surface area contributed by atoms with Crippen molar-refractivity contribution in [2.75, 3.05) is 11.5 Å². The van der Waals surface area contributed by atoms with Gasteiger partial charge in [0.15, 0.2) is 0 Å². The molecule has 0 amide bonds. The lowest BCUT2D eigenvalue weighted by molar-refractivity contribution is 0.523. The van der Waals surface area contributed by atoms with Crippen molar-refractivity contribution in [1.82, 2.24) is 0 Å². The lowest BCUT2D eigenvalue weighted by atomic mass is 10.2. The van der Waals surface area contributed by atoms with Gasteiger partial charge >= 0.3 is 10.2 Å². The summed E-state index contributed by atoms with van der Waals surface area (Å²) in [6, 6.07) is 0. The molecular weight excluding hydrogens is 219 g/mol. The largest absolute Gasteiger partial charge is 0.305 e. The smallest absolute Gasteiger partial charge is 0.229 e. The van der Waals surface area contributed by atoms with Crippen LogP contribution in [-0.2, 0) is 20.1 Å². The van der Waals surface area contributed by atoms with Crippen LogP contribution in [0.3, 0.4) is 0 Å². The van der Waals surface area contributed by atoms with Gasteiger partial charge in [0.05, 0.1) is 16.8 Å². The van der Waals surface area contributed by atoms with Crippen molar-refractivity contribution in [2.45, 2.75) is 24.5 Å². The van der Waals surface area contributed by atoms with Gasteiger partial charge in [0.1, 0.15) is 9.84 Å². The Hall–Kier alpha value is -0.170. The Morgan fingerprint density at radius 3 is 2.31 bits per heavy atom. The maximum absolute atomic E-state index is 12.5. The van der Waals surface area contributed by atoms with Crippen LogP contribution < -0.4 is 0 Å². The molecule has 0 spiro atoms. The first-order chi connectivity index (χ1) is 5.81. The summed E-state index contributed by atoms with van der Waals surface area (Å²) in [6.45, 7) is 0. The molecule has 1 unspecified atom stereocenters. The van der Waals surface area contributed by atoms with Gasteiger partial charge in [-0.15, -0.1) is 3.89 Å². The van der Waals surface area contributed by atoms with E-state index < -0.39 is 25.3 Å². The van der Waals surface area contributed by atoms with Crippen LogP contribution in [0.1, 0.15) is 19.3 Å². The molecule has 1 rings (SSSR count). The van der Waals surface area contributed by atoms with E-state index in [2.05, 4.69) is 0 Å². The Bertz CT molecular complexity index is 369. The molecule has 0 aromatic rings. The number of sulfone groups is 1. The molecule has 13 heavy (non-hydrogen) atoms. The van der Waals surface area contributed by atoms with Gasteiger partial charge in [-0.25, -0.2) is 8.42 Å². The molecule has 0 aliphatic carbocycles. The lowest BCUT2D eigenvalue weighted by Gasteiger charge is -2.05. The average molecular weight is 230 g/mol. The second-order valence-corrected chi connectivity index (χ2v) is 7.10. The summed E-state index contributed by atoms with van der Waals surface area (Å²) in [7, 11) is -7.71. The molecule has 7 heteroatoms. The SMILES string of the molecule is O=S1(=O)CCCC(S(=O)(=O)F)CC1. The molecular formula is C6H11FO4S2. The van der Waals surface area contributed by atoms with Crippen molar-refractivity contribution < 1.29 is 20.7 Å². The predicted octanol–water partition coefficient (Wildman–Crippen LogP) is 0.253. The van der Waals surface area contributed by atoms with E-state index in [1.807, 2.05) is 0 Å². The van der Waals surface area contributed by atoms with E-state index in [4.69, 9.17) is 0 Å². The third kappa shape index (κ3) is 3.22. The maximum atomic E-state index is 12.5. The van der Waals surface area contributed by atoms with Gasteiger partial charge in [-0.2, -0.15) is 8.42 Å². The topological polar surface area (TPSA) is 68.3 Å². The van der Waals surface area contributed by atoms with E-state index >= 15 is 0 Å². The fourth-order valence-corrected chi connectivity index (χ4v) is 3.82. The first-order valence-electron chi connectivity index (χ1n) is 3.95. The molecule has 0 saturated carbocycles. The van der Waals surface area contributed by atoms with Gasteiger partial charge < -0.3 is 0 Å². The zero-order chi connectivity index (χ0) is 10.1. The summed E-state index contributed by atoms with van der Waals surface area (Å²) in [4.78, 5) is 0. The highest BCUT2D eigenvalue weighted by molar-refractivity contribution is 7.91. The van der Waals surface area contributed by atoms with Crippen LogP contribution in [0.5, 0.6) is 0 Å². The Labute approximate surface area is 77.3 Å². The van der Waals surface area contributed by atoms with Crippen LogP contribution in [0.25, 0.3) is 0 Å². The molecule has 1 fully saturated rings. The van der Waals surface area contributed by atoms with Crippen molar-refractivity contribution in [3.05, 3.63) is 0 Å². The summed E-state index contributed by atoms with van der Waals surface area (Å²) in [5.74, 6) is -0.250. The molecule has 1 aliphatic rings. The van der Waals surface area contributed by atoms with Crippen LogP contribution in [0.15, 0.2) is 0 Å². The van der Waals surface area contributed by atoms with E-state index in [1.165, 1.54) is 0 Å². The fraction of sp³-hybridized carbons (Fsp3) is 1.00. The van der Waals surface area contributed by atoms with Gasteiger partial charge in [-0.1, -0.05) is 0 Å². The first-order valence-corrected chi connectivity index (χ1v) is 7.22. The maximum Gasteiger partial charge on any atom is 0.305 e. The quantitative estimate of drug-likeness (QED) is 0.606. The number of halogens is 1. The van der Waals surface area contributed by atoms with E-state index in [0.29, 0.717) is 0 Å². The van der Waals surface area contributed by atoms with E-state index in [9.17, 15) is 20.7 Å². The summed E-state index contributed by atoms with van der Waals surface area (Å²) in [6.07, 6.45) is 0.232. The van der Waals surface area contributed by atoms with Crippen LogP contribution in [0, 0.1) is 0 Å². The average Bonchev–Trinajstić information content (AvgIpc) is 2.08. The number of hydrogen-bond donors (Lipinski definition) is 0. The summed E-state index contributed by atoms with van der Waals surface area (Å²) < 4.78 is 55.5. The molecule has 0 N–H and O–H groups in total. The molecule has 0 aromatic heterocycles. The van der Waals surface area contributed by atoms with Crippen LogP contribution in [0.2, 0.25) is 0 Å². The Morgan fingerprint density at radius 1 is 1.15 bits per heavy atom. The Morgan fingerprint density at radius 2 is 1.77 bits per heavy atom. The number of hydrogen-bond acceptors (Lipinski definition) is 4. The van der Waals surface area contributed by atoms with Crippen molar-refractivity contribution >= 4 is 20.1 Å². The monoisotopic (exact) mass is 230 g/mol. The standard InChI is InChI=1S/C6H11FO4S2/c7-13(10,11)6-2-1-4-12(8,9)5-3-6/h6H,1-5H2. The summed E-state index contributed by atoms with van der Waals surface area (Å²) in [5, 5.41) is -1.12. The van der Waals surface area contributed by atoms with Gasteiger partial charge in [0, 0.05) is 0 Å². The predicted molar refractivity (Wildman–Crippen MR) is 46.3 cm³/mol. The van der Waals surface area contributed by atoms with Crippen molar-refractivity contribution in [3.8, 4) is 0 Å². The number of rotatable bonds is 1. The zero-order valence-electron chi connectivity index (χ0n) is 6.94. The Balaban J connectivity index is 2.77. The molecule has 0 radical (unpaired) electrons. The fourth-order valence-electron chi connectivity index (χ4n) is 1.37. The van der Waals surface area contributed by atoms with Gasteiger partial charge in [0.2, 0.25) is 0 Å². The van der Waals surface area contributed by atoms with Gasteiger partial charge in [0.25, 0.3) is 0 Å². The minimum atomic E-state index is -4.56. The minimum absolute atomic E-state index is 0.0287. The van der Waals surface area contributed by atoms with Crippen LogP contribution >= 0.6 is 0 Å². The first kappa shape index (κ1) is 10.9. The van der Waals surface area contributed by atoms with E-state index in [-0.39, 0.29) is 30.8 Å². The zero-order valence-corrected chi connectivity index (χ0v) is 8.57. The van der Waals surface area contributed by atoms with Gasteiger partial charge in [-0.05, 0) is 19.3 Å². The lowest BCUT2D eigenvalue weighted by Crippen LogP contribution is -2.17. The second-order valence-electron chi connectivity index (χ2n) is 3.18. The molecule has 0 aromatic carbocycles. The third-order valence-electron chi connectivity index (χ3n) is 2.13. The van der Waals surface area contributed by atoms with E-state index in [1.54, 1.807) is 0 Å². The van der Waals surface area contributed by atoms with Crippen molar-refractivity contribution in [1.29, 1.82) is 0 Å². The molecule has 1 heterocycles. The molecule has 4 nitrogen and oxygen atoms in total. The molecule has 1 atom stereocenters. The minimum Gasteiger partial charge on any atom is -0.229 e. The molecule has 0 bridgehead atoms. The second kappa shape index (κ2) is 3.53. The van der Waals surface area contributed by atoms with Crippen molar-refractivity contribution in [3.63, 3.8) is 0 Å². The highest BCUT2D eigenvalue weighted by Crippen LogP contribution is 2.20. The highest BCUT2D eigenvalue weighted by Gasteiger charge is 2.29. The molecule has 78 valence electrons. The summed E-state index contributed by atoms with van der Waals surface area (Å²) in [5.41, 5.74) is 0. The van der Waals surface area contributed by atoms with E-state index in [0.717, 1.165) is 0 Å².